The largest absolute Gasteiger partial charge is 0.481 e. The maximum Gasteiger partial charge on any atom is 0.306 e. The average Bonchev–Trinajstić information content (AvgIpc) is 2.34. The SMILES string of the molecule is O=C(O)C1CCN(c2cc(Cl)c(Cl)cc2Cl)CC1. The van der Waals surface area contributed by atoms with E-state index < -0.39 is 5.97 Å². The zero-order chi connectivity index (χ0) is 13.3. The van der Waals surface area contributed by atoms with Gasteiger partial charge in [0.05, 0.1) is 26.7 Å². The van der Waals surface area contributed by atoms with Crippen molar-refractivity contribution >= 4 is 46.5 Å². The second-order valence-electron chi connectivity index (χ2n) is 4.32. The summed E-state index contributed by atoms with van der Waals surface area (Å²) in [5.41, 5.74) is 0.815. The van der Waals surface area contributed by atoms with E-state index in [0.717, 1.165) is 5.69 Å². The predicted molar refractivity (Wildman–Crippen MR) is 74.0 cm³/mol. The number of benzene rings is 1. The van der Waals surface area contributed by atoms with Crippen LogP contribution >= 0.6 is 34.8 Å². The molecule has 0 unspecified atom stereocenters. The molecular weight excluding hydrogens is 296 g/mol. The summed E-state index contributed by atoms with van der Waals surface area (Å²) in [4.78, 5) is 12.9. The zero-order valence-corrected chi connectivity index (χ0v) is 11.8. The van der Waals surface area contributed by atoms with Crippen LogP contribution in [0.4, 0.5) is 5.69 Å². The molecule has 6 heteroatoms. The molecule has 0 saturated carbocycles. The van der Waals surface area contributed by atoms with Crippen LogP contribution in [0, 0.1) is 5.92 Å². The fourth-order valence-electron chi connectivity index (χ4n) is 2.12. The van der Waals surface area contributed by atoms with Crippen LogP contribution in [0.3, 0.4) is 0 Å². The normalized spacial score (nSPS) is 16.9. The summed E-state index contributed by atoms with van der Waals surface area (Å²) in [7, 11) is 0. The molecular formula is C12H12Cl3NO2. The maximum absolute atomic E-state index is 10.9. The van der Waals surface area contributed by atoms with Gasteiger partial charge in [-0.15, -0.1) is 0 Å². The number of nitrogens with zero attached hydrogens (tertiary/aromatic N) is 1. The van der Waals surface area contributed by atoms with Crippen LogP contribution < -0.4 is 4.90 Å². The van der Waals surface area contributed by atoms with Gasteiger partial charge in [0, 0.05) is 13.1 Å². The van der Waals surface area contributed by atoms with Crippen LogP contribution in [-0.2, 0) is 4.79 Å². The zero-order valence-electron chi connectivity index (χ0n) is 9.50. The first-order valence-electron chi connectivity index (χ1n) is 5.61. The lowest BCUT2D eigenvalue weighted by Gasteiger charge is -2.32. The van der Waals surface area contributed by atoms with Crippen LogP contribution in [0.5, 0.6) is 0 Å². The number of carboxylic acid groups (broad SMARTS) is 1. The Balaban J connectivity index is 2.15. The molecule has 1 N–H and O–H groups in total. The van der Waals surface area contributed by atoms with Gasteiger partial charge in [0.15, 0.2) is 0 Å². The molecule has 0 atom stereocenters. The first-order valence-corrected chi connectivity index (χ1v) is 6.74. The number of carbonyl (C=O) groups is 1. The van der Waals surface area contributed by atoms with Crippen LogP contribution in [0.25, 0.3) is 0 Å². The Morgan fingerprint density at radius 3 is 2.22 bits per heavy atom. The van der Waals surface area contributed by atoms with E-state index in [-0.39, 0.29) is 5.92 Å². The molecule has 1 aromatic rings. The average molecular weight is 309 g/mol. The minimum absolute atomic E-state index is 0.261. The summed E-state index contributed by atoms with van der Waals surface area (Å²) in [6, 6.07) is 3.34. The topological polar surface area (TPSA) is 40.5 Å². The standard InChI is InChI=1S/C12H12Cl3NO2/c13-8-5-10(15)11(6-9(8)14)16-3-1-7(2-4-16)12(17)18/h5-7H,1-4H2,(H,17,18). The van der Waals surface area contributed by atoms with Crippen molar-refractivity contribution in [2.45, 2.75) is 12.8 Å². The minimum Gasteiger partial charge on any atom is -0.481 e. The molecule has 3 nitrogen and oxygen atoms in total. The summed E-state index contributed by atoms with van der Waals surface area (Å²) in [6.45, 7) is 1.32. The van der Waals surface area contributed by atoms with Gasteiger partial charge >= 0.3 is 5.97 Å². The second kappa shape index (κ2) is 5.55. The molecule has 1 aliphatic rings. The molecule has 1 fully saturated rings. The second-order valence-corrected chi connectivity index (χ2v) is 5.54. The van der Waals surface area contributed by atoms with Crippen molar-refractivity contribution < 1.29 is 9.90 Å². The molecule has 98 valence electrons. The molecule has 2 rings (SSSR count). The summed E-state index contributed by atoms with van der Waals surface area (Å²) in [5, 5.41) is 10.4. The fourth-order valence-corrected chi connectivity index (χ4v) is 2.78. The third-order valence-electron chi connectivity index (χ3n) is 3.17. The summed E-state index contributed by atoms with van der Waals surface area (Å²) in [5.74, 6) is -0.988. The summed E-state index contributed by atoms with van der Waals surface area (Å²) >= 11 is 18.0. The molecule has 0 spiro atoms. The van der Waals surface area contributed by atoms with Gasteiger partial charge < -0.3 is 10.0 Å². The Kier molecular flexibility index (Phi) is 4.25. The number of aliphatic carboxylic acids is 1. The summed E-state index contributed by atoms with van der Waals surface area (Å²) < 4.78 is 0. The van der Waals surface area contributed by atoms with Crippen molar-refractivity contribution in [2.24, 2.45) is 5.92 Å². The maximum atomic E-state index is 10.9. The van der Waals surface area contributed by atoms with Crippen LogP contribution in [0.1, 0.15) is 12.8 Å². The van der Waals surface area contributed by atoms with E-state index in [1.165, 1.54) is 0 Å². The van der Waals surface area contributed by atoms with Gasteiger partial charge in [-0.1, -0.05) is 34.8 Å². The van der Waals surface area contributed by atoms with Crippen LogP contribution in [0.15, 0.2) is 12.1 Å². The first kappa shape index (κ1) is 13.8. The molecule has 1 aliphatic heterocycles. The number of halogens is 3. The molecule has 0 radical (unpaired) electrons. The predicted octanol–water partition coefficient (Wildman–Crippen LogP) is 3.95. The molecule has 0 aromatic heterocycles. The highest BCUT2D eigenvalue weighted by Gasteiger charge is 2.25. The minimum atomic E-state index is -0.727. The van der Waals surface area contributed by atoms with Gasteiger partial charge in [0.25, 0.3) is 0 Å². The number of piperidine rings is 1. The number of hydrogen-bond donors (Lipinski definition) is 1. The van der Waals surface area contributed by atoms with Gasteiger partial charge in [-0.2, -0.15) is 0 Å². The van der Waals surface area contributed by atoms with Crippen molar-refractivity contribution in [2.75, 3.05) is 18.0 Å². The lowest BCUT2D eigenvalue weighted by molar-refractivity contribution is -0.142. The van der Waals surface area contributed by atoms with Crippen molar-refractivity contribution in [3.05, 3.63) is 27.2 Å². The number of hydrogen-bond acceptors (Lipinski definition) is 2. The van der Waals surface area contributed by atoms with E-state index in [1.807, 2.05) is 4.90 Å². The molecule has 1 heterocycles. The Morgan fingerprint density at radius 1 is 1.11 bits per heavy atom. The Bertz CT molecular complexity index is 471. The summed E-state index contributed by atoms with van der Waals surface area (Å²) in [6.07, 6.45) is 1.23. The van der Waals surface area contributed by atoms with E-state index >= 15 is 0 Å². The molecule has 0 amide bonds. The lowest BCUT2D eigenvalue weighted by Crippen LogP contribution is -2.36. The van der Waals surface area contributed by atoms with E-state index in [1.54, 1.807) is 12.1 Å². The number of anilines is 1. The van der Waals surface area contributed by atoms with Gasteiger partial charge in [0.1, 0.15) is 0 Å². The third-order valence-corrected chi connectivity index (χ3v) is 4.20. The van der Waals surface area contributed by atoms with Crippen LogP contribution in [-0.4, -0.2) is 24.2 Å². The van der Waals surface area contributed by atoms with E-state index in [9.17, 15) is 4.79 Å². The van der Waals surface area contributed by atoms with Crippen molar-refractivity contribution in [3.63, 3.8) is 0 Å². The number of rotatable bonds is 2. The smallest absolute Gasteiger partial charge is 0.306 e. The molecule has 18 heavy (non-hydrogen) atoms. The Labute approximate surface area is 120 Å². The van der Waals surface area contributed by atoms with Crippen molar-refractivity contribution in [1.82, 2.24) is 0 Å². The van der Waals surface area contributed by atoms with Crippen molar-refractivity contribution in [1.29, 1.82) is 0 Å². The molecule has 1 saturated heterocycles. The van der Waals surface area contributed by atoms with E-state index in [0.29, 0.717) is 41.0 Å². The number of carboxylic acids is 1. The highest BCUT2D eigenvalue weighted by atomic mass is 35.5. The molecule has 0 aliphatic carbocycles. The van der Waals surface area contributed by atoms with Crippen LogP contribution in [0.2, 0.25) is 15.1 Å². The quantitative estimate of drug-likeness (QED) is 0.841. The molecule has 1 aromatic carbocycles. The van der Waals surface area contributed by atoms with Gasteiger partial charge in [-0.25, -0.2) is 0 Å². The lowest BCUT2D eigenvalue weighted by atomic mass is 9.97. The van der Waals surface area contributed by atoms with Gasteiger partial charge in [-0.3, -0.25) is 4.79 Å². The Morgan fingerprint density at radius 2 is 1.67 bits per heavy atom. The van der Waals surface area contributed by atoms with Gasteiger partial charge in [0.2, 0.25) is 0 Å². The first-order chi connectivity index (χ1) is 8.49. The third kappa shape index (κ3) is 2.85. The van der Waals surface area contributed by atoms with E-state index in [2.05, 4.69) is 0 Å². The Hall–Kier alpha value is -0.640. The van der Waals surface area contributed by atoms with E-state index in [4.69, 9.17) is 39.9 Å². The fraction of sp³-hybridized carbons (Fsp3) is 0.417. The molecule has 0 bridgehead atoms. The highest BCUT2D eigenvalue weighted by Crippen LogP contribution is 2.36. The van der Waals surface area contributed by atoms with Gasteiger partial charge in [-0.05, 0) is 25.0 Å². The van der Waals surface area contributed by atoms with Crippen molar-refractivity contribution in [3.8, 4) is 0 Å². The monoisotopic (exact) mass is 307 g/mol. The highest BCUT2D eigenvalue weighted by molar-refractivity contribution is 6.44.